The van der Waals surface area contributed by atoms with Crippen molar-refractivity contribution in [2.24, 2.45) is 0 Å². The third kappa shape index (κ3) is 6.52. The van der Waals surface area contributed by atoms with Gasteiger partial charge in [0.2, 0.25) is 5.78 Å². The molecule has 0 radical (unpaired) electrons. The van der Waals surface area contributed by atoms with Gasteiger partial charge in [-0.1, -0.05) is 6.07 Å². The Bertz CT molecular complexity index is 923. The number of hydrogen-bond donors (Lipinski definition) is 2. The van der Waals surface area contributed by atoms with Crippen molar-refractivity contribution < 1.29 is 28.4 Å². The van der Waals surface area contributed by atoms with E-state index in [0.29, 0.717) is 30.6 Å². The topological polar surface area (TPSA) is 81.8 Å². The lowest BCUT2D eigenvalue weighted by molar-refractivity contribution is -0.861. The van der Waals surface area contributed by atoms with Crippen molar-refractivity contribution in [1.82, 2.24) is 4.57 Å². The number of ether oxygens (including phenoxy) is 1. The molecule has 0 saturated heterocycles. The van der Waals surface area contributed by atoms with E-state index >= 15 is 0 Å². The van der Waals surface area contributed by atoms with Crippen LogP contribution in [0, 0.1) is 19.7 Å². The van der Waals surface area contributed by atoms with Crippen LogP contribution in [0.15, 0.2) is 30.3 Å². The summed E-state index contributed by atoms with van der Waals surface area (Å²) < 4.78 is 19.9. The molecule has 1 aromatic heterocycles. The third-order valence-corrected chi connectivity index (χ3v) is 4.90. The molecule has 0 fully saturated rings. The van der Waals surface area contributed by atoms with Crippen LogP contribution in [-0.2, 0) is 20.9 Å². The monoisotopic (exact) mass is 418 g/mol. The first-order chi connectivity index (χ1) is 14.2. The summed E-state index contributed by atoms with van der Waals surface area (Å²) in [6, 6.07) is 7.52. The average Bonchev–Trinajstić information content (AvgIpc) is 2.95. The number of amides is 1. The van der Waals surface area contributed by atoms with Crippen molar-refractivity contribution in [2.45, 2.75) is 33.2 Å². The largest absolute Gasteiger partial charge is 0.469 e. The fourth-order valence-electron chi connectivity index (χ4n) is 3.39. The van der Waals surface area contributed by atoms with Crippen LogP contribution in [0.25, 0.3) is 0 Å². The van der Waals surface area contributed by atoms with E-state index in [2.05, 4.69) is 10.1 Å². The Morgan fingerprint density at radius 3 is 2.57 bits per heavy atom. The highest BCUT2D eigenvalue weighted by molar-refractivity contribution is 5.98. The highest BCUT2D eigenvalue weighted by Crippen LogP contribution is 2.16. The molecule has 1 atom stereocenters. The quantitative estimate of drug-likeness (QED) is 0.453. The lowest BCUT2D eigenvalue weighted by Gasteiger charge is -2.13. The second-order valence-corrected chi connectivity index (χ2v) is 7.41. The molecule has 1 unspecified atom stereocenters. The summed E-state index contributed by atoms with van der Waals surface area (Å²) in [7, 11) is 3.13. The molecule has 0 bridgehead atoms. The zero-order chi connectivity index (χ0) is 22.3. The molecule has 0 aliphatic rings. The van der Waals surface area contributed by atoms with E-state index in [4.69, 9.17) is 0 Å². The van der Waals surface area contributed by atoms with Crippen LogP contribution in [0.5, 0.6) is 0 Å². The highest BCUT2D eigenvalue weighted by atomic mass is 19.1. The summed E-state index contributed by atoms with van der Waals surface area (Å²) >= 11 is 0. The molecule has 0 aliphatic carbocycles. The number of aromatic nitrogens is 1. The maximum atomic E-state index is 13.2. The Morgan fingerprint density at radius 2 is 1.90 bits per heavy atom. The number of carbonyl (C=O) groups excluding carboxylic acids is 3. The van der Waals surface area contributed by atoms with E-state index in [1.807, 2.05) is 24.5 Å². The minimum absolute atomic E-state index is 0.0571. The Hall–Kier alpha value is -3.00. The number of hydrogen-bond acceptors (Lipinski definition) is 4. The number of aryl methyl sites for hydroxylation is 1. The van der Waals surface area contributed by atoms with Crippen molar-refractivity contribution in [1.29, 1.82) is 0 Å². The molecule has 8 heteroatoms. The molecule has 162 valence electrons. The van der Waals surface area contributed by atoms with Crippen LogP contribution in [0.3, 0.4) is 0 Å². The van der Waals surface area contributed by atoms with E-state index < -0.39 is 5.82 Å². The van der Waals surface area contributed by atoms with Gasteiger partial charge in [0.25, 0.3) is 5.91 Å². The number of carbonyl (C=O) groups is 3. The molecular weight excluding hydrogens is 389 g/mol. The molecule has 1 heterocycles. The van der Waals surface area contributed by atoms with Crippen LogP contribution >= 0.6 is 0 Å². The Labute approximate surface area is 175 Å². The predicted octanol–water partition coefficient (Wildman–Crippen LogP) is 1.53. The zero-order valence-electron chi connectivity index (χ0n) is 17.9. The van der Waals surface area contributed by atoms with Gasteiger partial charge in [-0.25, -0.2) is 4.39 Å². The first kappa shape index (κ1) is 23.3. The SMILES string of the molecule is COC(=O)CCCn1c(C)cc(C(=O)C[NH+](C)CC(=O)Nc2cccc(F)c2)c1C. The van der Waals surface area contributed by atoms with Gasteiger partial charge >= 0.3 is 5.97 Å². The predicted molar refractivity (Wildman–Crippen MR) is 111 cm³/mol. The van der Waals surface area contributed by atoms with Crippen molar-refractivity contribution >= 4 is 23.3 Å². The number of esters is 1. The molecule has 1 amide bonds. The van der Waals surface area contributed by atoms with Gasteiger partial charge in [0.15, 0.2) is 6.54 Å². The zero-order valence-corrected chi connectivity index (χ0v) is 17.9. The maximum Gasteiger partial charge on any atom is 0.305 e. The van der Waals surface area contributed by atoms with E-state index in [9.17, 15) is 18.8 Å². The van der Waals surface area contributed by atoms with Crippen molar-refractivity contribution in [3.63, 3.8) is 0 Å². The Morgan fingerprint density at radius 1 is 1.17 bits per heavy atom. The summed E-state index contributed by atoms with van der Waals surface area (Å²) in [6.45, 7) is 4.66. The number of halogens is 1. The molecule has 0 aliphatic heterocycles. The summed E-state index contributed by atoms with van der Waals surface area (Å²) in [5, 5.41) is 2.64. The second kappa shape index (κ2) is 10.7. The van der Waals surface area contributed by atoms with Crippen LogP contribution < -0.4 is 10.2 Å². The Balaban J connectivity index is 1.92. The van der Waals surface area contributed by atoms with Crippen LogP contribution in [0.4, 0.5) is 10.1 Å². The number of methoxy groups -OCH3 is 1. The van der Waals surface area contributed by atoms with Gasteiger partial charge in [0.1, 0.15) is 12.4 Å². The molecule has 7 nitrogen and oxygen atoms in total. The minimum atomic E-state index is -0.425. The molecular formula is C22H29FN3O4+. The van der Waals surface area contributed by atoms with Gasteiger partial charge in [-0.05, 0) is 44.5 Å². The van der Waals surface area contributed by atoms with Gasteiger partial charge in [0, 0.05) is 35.6 Å². The molecule has 1 aromatic carbocycles. The fraction of sp³-hybridized carbons (Fsp3) is 0.409. The highest BCUT2D eigenvalue weighted by Gasteiger charge is 2.20. The first-order valence-electron chi connectivity index (χ1n) is 9.84. The number of nitrogens with zero attached hydrogens (tertiary/aromatic N) is 1. The Kier molecular flexibility index (Phi) is 8.29. The number of nitrogens with one attached hydrogen (secondary N) is 2. The summed E-state index contributed by atoms with van der Waals surface area (Å²) in [6.07, 6.45) is 0.951. The number of anilines is 1. The summed E-state index contributed by atoms with van der Waals surface area (Å²) in [5.41, 5.74) is 2.80. The van der Waals surface area contributed by atoms with E-state index in [1.54, 1.807) is 13.1 Å². The fourth-order valence-corrected chi connectivity index (χ4v) is 3.39. The van der Waals surface area contributed by atoms with Crippen LogP contribution in [-0.4, -0.2) is 49.5 Å². The molecule has 2 aromatic rings. The number of benzene rings is 1. The van der Waals surface area contributed by atoms with Gasteiger partial charge < -0.3 is 19.5 Å². The van der Waals surface area contributed by atoms with Crippen LogP contribution in [0.2, 0.25) is 0 Å². The van der Waals surface area contributed by atoms with Crippen molar-refractivity contribution in [3.05, 3.63) is 53.1 Å². The average molecular weight is 418 g/mol. The molecule has 2 rings (SSSR count). The van der Waals surface area contributed by atoms with E-state index in [1.165, 1.54) is 25.3 Å². The number of Topliss-reactive ketones (excluding diaryl/α,β-unsaturated/α-hetero) is 1. The lowest BCUT2D eigenvalue weighted by Crippen LogP contribution is -3.11. The van der Waals surface area contributed by atoms with Crippen molar-refractivity contribution in [3.8, 4) is 0 Å². The van der Waals surface area contributed by atoms with Gasteiger partial charge in [0.05, 0.1) is 14.2 Å². The molecule has 2 N–H and O–H groups in total. The minimum Gasteiger partial charge on any atom is -0.469 e. The number of rotatable bonds is 10. The standard InChI is InChI=1S/C22H28FN3O4/c1-15-11-19(16(2)26(15)10-6-9-22(29)30-4)20(27)13-25(3)14-21(28)24-18-8-5-7-17(23)12-18/h5,7-8,11-12H,6,9-10,13-14H2,1-4H3,(H,24,28)/p+1. The lowest BCUT2D eigenvalue weighted by atomic mass is 10.1. The number of quaternary nitrogens is 1. The molecule has 0 saturated carbocycles. The maximum absolute atomic E-state index is 13.2. The van der Waals surface area contributed by atoms with Gasteiger partial charge in [-0.3, -0.25) is 14.4 Å². The van der Waals surface area contributed by atoms with Crippen LogP contribution in [0.1, 0.15) is 34.6 Å². The molecule has 0 spiro atoms. The summed E-state index contributed by atoms with van der Waals surface area (Å²) in [5.74, 6) is -1.03. The van der Waals surface area contributed by atoms with Gasteiger partial charge in [-0.2, -0.15) is 0 Å². The third-order valence-electron chi connectivity index (χ3n) is 4.90. The van der Waals surface area contributed by atoms with Gasteiger partial charge in [-0.15, -0.1) is 0 Å². The van der Waals surface area contributed by atoms with E-state index in [0.717, 1.165) is 16.3 Å². The normalized spacial score (nSPS) is 11.8. The number of likely N-dealkylation sites (N-methyl/N-ethyl adjacent to an activating group) is 1. The van der Waals surface area contributed by atoms with E-state index in [-0.39, 0.29) is 30.7 Å². The molecule has 30 heavy (non-hydrogen) atoms. The second-order valence-electron chi connectivity index (χ2n) is 7.41. The summed E-state index contributed by atoms with van der Waals surface area (Å²) in [4.78, 5) is 36.9. The number of ketones is 1. The first-order valence-corrected chi connectivity index (χ1v) is 9.84. The van der Waals surface area contributed by atoms with Crippen molar-refractivity contribution in [2.75, 3.05) is 32.6 Å². The smallest absolute Gasteiger partial charge is 0.305 e.